The fourth-order valence-corrected chi connectivity index (χ4v) is 3.29. The van der Waals surface area contributed by atoms with E-state index in [4.69, 9.17) is 4.98 Å². The van der Waals surface area contributed by atoms with E-state index in [-0.39, 0.29) is 0 Å². The summed E-state index contributed by atoms with van der Waals surface area (Å²) in [4.78, 5) is 19.2. The lowest BCUT2D eigenvalue weighted by Gasteiger charge is -2.21. The van der Waals surface area contributed by atoms with E-state index in [9.17, 15) is 4.79 Å². The van der Waals surface area contributed by atoms with Gasteiger partial charge in [-0.15, -0.1) is 0 Å². The maximum Gasteiger partial charge on any atom is 0.186 e. The van der Waals surface area contributed by atoms with Crippen LogP contribution in [0.15, 0.2) is 30.3 Å². The zero-order valence-electron chi connectivity index (χ0n) is 13.4. The second kappa shape index (κ2) is 8.69. The predicted molar refractivity (Wildman–Crippen MR) is 95.0 cm³/mol. The highest BCUT2D eigenvalue weighted by Gasteiger charge is 2.16. The standard InChI is InChI=1S/C18H24N2OS/c1-3-5-12-20(13-6-4-2)18-19-17(16(14-21)22-18)15-10-8-7-9-11-15/h7-11,14H,3-6,12-13H2,1-2H3. The minimum atomic E-state index is 0.721. The van der Waals surface area contributed by atoms with E-state index < -0.39 is 0 Å². The number of carbonyl (C=O) groups is 1. The summed E-state index contributed by atoms with van der Waals surface area (Å²) in [6.07, 6.45) is 5.57. The van der Waals surface area contributed by atoms with Crippen molar-refractivity contribution in [3.05, 3.63) is 35.2 Å². The van der Waals surface area contributed by atoms with Crippen molar-refractivity contribution in [2.45, 2.75) is 39.5 Å². The summed E-state index contributed by atoms with van der Waals surface area (Å²) < 4.78 is 0. The van der Waals surface area contributed by atoms with E-state index in [1.165, 1.54) is 24.2 Å². The number of hydrogen-bond donors (Lipinski definition) is 0. The Morgan fingerprint density at radius 1 is 1.09 bits per heavy atom. The zero-order valence-corrected chi connectivity index (χ0v) is 14.2. The highest BCUT2D eigenvalue weighted by molar-refractivity contribution is 7.17. The summed E-state index contributed by atoms with van der Waals surface area (Å²) >= 11 is 1.51. The normalized spacial score (nSPS) is 10.6. The third-order valence-corrected chi connectivity index (χ3v) is 4.67. The molecule has 1 heterocycles. The maximum absolute atomic E-state index is 11.4. The van der Waals surface area contributed by atoms with Gasteiger partial charge < -0.3 is 4.90 Å². The van der Waals surface area contributed by atoms with Crippen molar-refractivity contribution in [3.8, 4) is 11.3 Å². The molecule has 1 aromatic heterocycles. The van der Waals surface area contributed by atoms with E-state index in [2.05, 4.69) is 18.7 Å². The molecule has 0 spiro atoms. The monoisotopic (exact) mass is 316 g/mol. The Balaban J connectivity index is 2.29. The number of anilines is 1. The number of benzene rings is 1. The maximum atomic E-state index is 11.4. The van der Waals surface area contributed by atoms with Crippen LogP contribution in [0.2, 0.25) is 0 Å². The largest absolute Gasteiger partial charge is 0.348 e. The van der Waals surface area contributed by atoms with Crippen LogP contribution in [0.3, 0.4) is 0 Å². The average Bonchev–Trinajstić information content (AvgIpc) is 3.00. The first-order chi connectivity index (χ1) is 10.8. The average molecular weight is 316 g/mol. The highest BCUT2D eigenvalue weighted by atomic mass is 32.1. The van der Waals surface area contributed by atoms with Crippen molar-refractivity contribution in [2.75, 3.05) is 18.0 Å². The number of carbonyl (C=O) groups excluding carboxylic acids is 1. The van der Waals surface area contributed by atoms with E-state index in [0.29, 0.717) is 0 Å². The van der Waals surface area contributed by atoms with Crippen LogP contribution < -0.4 is 4.90 Å². The van der Waals surface area contributed by atoms with Crippen molar-refractivity contribution >= 4 is 22.8 Å². The molecular weight excluding hydrogens is 292 g/mol. The lowest BCUT2D eigenvalue weighted by Crippen LogP contribution is -2.25. The second-order valence-corrected chi connectivity index (χ2v) is 6.40. The van der Waals surface area contributed by atoms with Crippen molar-refractivity contribution in [2.24, 2.45) is 0 Å². The molecule has 0 atom stereocenters. The topological polar surface area (TPSA) is 33.2 Å². The Bertz CT molecular complexity index is 572. The van der Waals surface area contributed by atoms with Gasteiger partial charge >= 0.3 is 0 Å². The van der Waals surface area contributed by atoms with Gasteiger partial charge in [0.05, 0.1) is 10.6 Å². The molecule has 0 N–H and O–H groups in total. The SMILES string of the molecule is CCCCN(CCCC)c1nc(-c2ccccc2)c(C=O)s1. The van der Waals surface area contributed by atoms with E-state index in [1.807, 2.05) is 30.3 Å². The molecule has 0 aliphatic heterocycles. The molecule has 118 valence electrons. The number of rotatable bonds is 9. The Morgan fingerprint density at radius 2 is 1.73 bits per heavy atom. The van der Waals surface area contributed by atoms with Crippen LogP contribution in [0, 0.1) is 0 Å². The minimum Gasteiger partial charge on any atom is -0.348 e. The summed E-state index contributed by atoms with van der Waals surface area (Å²) in [7, 11) is 0. The van der Waals surface area contributed by atoms with Crippen LogP contribution in [-0.2, 0) is 0 Å². The summed E-state index contributed by atoms with van der Waals surface area (Å²) in [5.74, 6) is 0. The number of hydrogen-bond acceptors (Lipinski definition) is 4. The van der Waals surface area contributed by atoms with E-state index in [1.54, 1.807) is 0 Å². The highest BCUT2D eigenvalue weighted by Crippen LogP contribution is 2.32. The first kappa shape index (κ1) is 16.7. The smallest absolute Gasteiger partial charge is 0.186 e. The number of unbranched alkanes of at least 4 members (excludes halogenated alkanes) is 2. The third-order valence-electron chi connectivity index (χ3n) is 3.63. The van der Waals surface area contributed by atoms with Gasteiger partial charge in [-0.2, -0.15) is 0 Å². The summed E-state index contributed by atoms with van der Waals surface area (Å²) in [5, 5.41) is 0.975. The molecule has 3 nitrogen and oxygen atoms in total. The number of aromatic nitrogens is 1. The molecule has 0 saturated carbocycles. The zero-order chi connectivity index (χ0) is 15.8. The van der Waals surface area contributed by atoms with Crippen LogP contribution in [0.25, 0.3) is 11.3 Å². The van der Waals surface area contributed by atoms with E-state index >= 15 is 0 Å². The fourth-order valence-electron chi connectivity index (χ4n) is 2.34. The van der Waals surface area contributed by atoms with Crippen LogP contribution in [0.1, 0.15) is 49.2 Å². The van der Waals surface area contributed by atoms with Gasteiger partial charge in [-0.05, 0) is 12.8 Å². The molecule has 0 fully saturated rings. The molecule has 0 aliphatic carbocycles. The molecule has 1 aromatic carbocycles. The summed E-state index contributed by atoms with van der Waals surface area (Å²) in [6, 6.07) is 9.96. The predicted octanol–water partition coefficient (Wildman–Crippen LogP) is 5.03. The Hall–Kier alpha value is -1.68. The molecular formula is C18H24N2OS. The van der Waals surface area contributed by atoms with Gasteiger partial charge in [0.25, 0.3) is 0 Å². The lowest BCUT2D eigenvalue weighted by atomic mass is 10.1. The molecule has 22 heavy (non-hydrogen) atoms. The van der Waals surface area contributed by atoms with Crippen molar-refractivity contribution in [3.63, 3.8) is 0 Å². The molecule has 0 saturated heterocycles. The van der Waals surface area contributed by atoms with Crippen LogP contribution in [0.5, 0.6) is 0 Å². The van der Waals surface area contributed by atoms with Gasteiger partial charge in [0, 0.05) is 18.7 Å². The molecule has 2 aromatic rings. The number of thiazole rings is 1. The third kappa shape index (κ3) is 4.17. The lowest BCUT2D eigenvalue weighted by molar-refractivity contribution is 0.112. The van der Waals surface area contributed by atoms with Crippen molar-refractivity contribution < 1.29 is 4.79 Å². The van der Waals surface area contributed by atoms with E-state index in [0.717, 1.165) is 53.5 Å². The Kier molecular flexibility index (Phi) is 6.59. The summed E-state index contributed by atoms with van der Waals surface area (Å²) in [5.41, 5.74) is 1.83. The van der Waals surface area contributed by atoms with Crippen LogP contribution in [0.4, 0.5) is 5.13 Å². The number of nitrogens with zero attached hydrogens (tertiary/aromatic N) is 2. The Morgan fingerprint density at radius 3 is 2.27 bits per heavy atom. The molecule has 0 radical (unpaired) electrons. The summed E-state index contributed by atoms with van der Waals surface area (Å²) in [6.45, 7) is 6.42. The van der Waals surface area contributed by atoms with Crippen LogP contribution >= 0.6 is 11.3 Å². The molecule has 0 amide bonds. The number of aldehydes is 1. The van der Waals surface area contributed by atoms with Gasteiger partial charge in [-0.3, -0.25) is 4.79 Å². The van der Waals surface area contributed by atoms with Crippen molar-refractivity contribution in [1.82, 2.24) is 4.98 Å². The van der Waals surface area contributed by atoms with Crippen LogP contribution in [-0.4, -0.2) is 24.4 Å². The van der Waals surface area contributed by atoms with Gasteiger partial charge in [-0.25, -0.2) is 4.98 Å². The molecule has 0 bridgehead atoms. The van der Waals surface area contributed by atoms with Gasteiger partial charge in [0.1, 0.15) is 0 Å². The van der Waals surface area contributed by atoms with Gasteiger partial charge in [0.15, 0.2) is 11.4 Å². The fraction of sp³-hybridized carbons (Fsp3) is 0.444. The quantitative estimate of drug-likeness (QED) is 0.608. The second-order valence-electron chi connectivity index (χ2n) is 5.39. The Labute approximate surface area is 137 Å². The van der Waals surface area contributed by atoms with Crippen molar-refractivity contribution in [1.29, 1.82) is 0 Å². The van der Waals surface area contributed by atoms with Gasteiger partial charge in [0.2, 0.25) is 0 Å². The first-order valence-electron chi connectivity index (χ1n) is 8.06. The molecule has 4 heteroatoms. The molecule has 2 rings (SSSR count). The minimum absolute atomic E-state index is 0.721. The first-order valence-corrected chi connectivity index (χ1v) is 8.88. The molecule has 0 unspecified atom stereocenters. The molecule has 0 aliphatic rings. The van der Waals surface area contributed by atoms with Gasteiger partial charge in [-0.1, -0.05) is 68.4 Å².